The second-order valence-corrected chi connectivity index (χ2v) is 4.44. The molecule has 0 spiro atoms. The van der Waals surface area contributed by atoms with Crippen LogP contribution in [0.25, 0.3) is 0 Å². The van der Waals surface area contributed by atoms with E-state index in [0.29, 0.717) is 22.2 Å². The van der Waals surface area contributed by atoms with Gasteiger partial charge in [0.05, 0.1) is 17.6 Å². The Kier molecular flexibility index (Phi) is 3.30. The molecule has 0 saturated heterocycles. The molecule has 0 bridgehead atoms. The fourth-order valence-electron chi connectivity index (χ4n) is 1.66. The summed E-state index contributed by atoms with van der Waals surface area (Å²) in [4.78, 5) is 13.6. The number of carbonyl (C=O) groups excluding carboxylic acids is 1. The number of nitrogens with two attached hydrogens (primary N) is 1. The maximum Gasteiger partial charge on any atom is 0.294 e. The van der Waals surface area contributed by atoms with Crippen molar-refractivity contribution in [1.29, 1.82) is 0 Å². The summed E-state index contributed by atoms with van der Waals surface area (Å²) in [5.74, 6) is 0.0448. The lowest BCUT2D eigenvalue weighted by Gasteiger charge is -2.18. The molecular weight excluding hydrogens is 252 g/mol. The highest BCUT2D eigenvalue weighted by Crippen LogP contribution is 2.27. The van der Waals surface area contributed by atoms with E-state index in [1.807, 2.05) is 6.92 Å². The van der Waals surface area contributed by atoms with E-state index in [9.17, 15) is 4.79 Å². The third-order valence-electron chi connectivity index (χ3n) is 2.71. The predicted octanol–water partition coefficient (Wildman–Crippen LogP) is 3.10. The predicted molar refractivity (Wildman–Crippen MR) is 72.0 cm³/mol. The van der Waals surface area contributed by atoms with E-state index in [4.69, 9.17) is 21.8 Å². The van der Waals surface area contributed by atoms with Gasteiger partial charge < -0.3 is 15.1 Å². The third kappa shape index (κ3) is 2.19. The first kappa shape index (κ1) is 12.5. The van der Waals surface area contributed by atoms with Gasteiger partial charge in [0.1, 0.15) is 0 Å². The number of hydrogen-bond donors (Lipinski definition) is 1. The van der Waals surface area contributed by atoms with Crippen LogP contribution in [0.15, 0.2) is 34.9 Å². The molecule has 0 unspecified atom stereocenters. The first-order valence-electron chi connectivity index (χ1n) is 5.38. The van der Waals surface area contributed by atoms with Crippen molar-refractivity contribution in [2.45, 2.75) is 6.92 Å². The minimum absolute atomic E-state index is 0.258. The number of amides is 1. The summed E-state index contributed by atoms with van der Waals surface area (Å²) in [6.45, 7) is 1.81. The molecular formula is C13H13ClN2O2. The van der Waals surface area contributed by atoms with Crippen LogP contribution in [-0.2, 0) is 0 Å². The van der Waals surface area contributed by atoms with Gasteiger partial charge in [-0.2, -0.15) is 0 Å². The standard InChI is InChI=1S/C13H13ClN2O2/c1-8-5-6-18-12(8)13(17)16(2)11-7-9(14)3-4-10(11)15/h3-7H,15H2,1-2H3. The zero-order chi connectivity index (χ0) is 13.3. The maximum absolute atomic E-state index is 12.2. The number of anilines is 2. The molecule has 5 heteroatoms. The number of halogens is 1. The highest BCUT2D eigenvalue weighted by Gasteiger charge is 2.20. The molecule has 2 aromatic rings. The first-order chi connectivity index (χ1) is 8.50. The monoisotopic (exact) mass is 264 g/mol. The smallest absolute Gasteiger partial charge is 0.294 e. The van der Waals surface area contributed by atoms with Gasteiger partial charge in [0, 0.05) is 17.6 Å². The van der Waals surface area contributed by atoms with Gasteiger partial charge in [0.25, 0.3) is 5.91 Å². The molecule has 0 aliphatic carbocycles. The summed E-state index contributed by atoms with van der Waals surface area (Å²) in [6.07, 6.45) is 1.48. The van der Waals surface area contributed by atoms with E-state index in [1.165, 1.54) is 11.2 Å². The molecule has 1 aromatic heterocycles. The van der Waals surface area contributed by atoms with Gasteiger partial charge in [-0.25, -0.2) is 0 Å². The Hall–Kier alpha value is -1.94. The summed E-state index contributed by atoms with van der Waals surface area (Å²) >= 11 is 5.90. The highest BCUT2D eigenvalue weighted by atomic mass is 35.5. The Morgan fingerprint density at radius 3 is 2.72 bits per heavy atom. The molecule has 0 radical (unpaired) electrons. The van der Waals surface area contributed by atoms with Gasteiger partial charge in [-0.1, -0.05) is 11.6 Å². The lowest BCUT2D eigenvalue weighted by atomic mass is 10.2. The number of benzene rings is 1. The molecule has 1 heterocycles. The number of hydrogen-bond acceptors (Lipinski definition) is 3. The van der Waals surface area contributed by atoms with Gasteiger partial charge in [-0.05, 0) is 31.2 Å². The van der Waals surface area contributed by atoms with Gasteiger partial charge >= 0.3 is 0 Å². The van der Waals surface area contributed by atoms with Crippen molar-refractivity contribution < 1.29 is 9.21 Å². The van der Waals surface area contributed by atoms with Crippen molar-refractivity contribution in [3.63, 3.8) is 0 Å². The van der Waals surface area contributed by atoms with Crippen LogP contribution in [0.1, 0.15) is 16.1 Å². The number of aryl methyl sites for hydroxylation is 1. The molecule has 18 heavy (non-hydrogen) atoms. The van der Waals surface area contributed by atoms with Crippen LogP contribution >= 0.6 is 11.6 Å². The van der Waals surface area contributed by atoms with Crippen molar-refractivity contribution in [2.75, 3.05) is 17.7 Å². The van der Waals surface area contributed by atoms with Crippen molar-refractivity contribution in [2.24, 2.45) is 0 Å². The van der Waals surface area contributed by atoms with Crippen LogP contribution in [0.3, 0.4) is 0 Å². The highest BCUT2D eigenvalue weighted by molar-refractivity contribution is 6.31. The number of carbonyl (C=O) groups is 1. The van der Waals surface area contributed by atoms with Crippen molar-refractivity contribution in [3.8, 4) is 0 Å². The Morgan fingerprint density at radius 1 is 1.39 bits per heavy atom. The average Bonchev–Trinajstić information content (AvgIpc) is 2.77. The lowest BCUT2D eigenvalue weighted by Crippen LogP contribution is -2.27. The normalized spacial score (nSPS) is 10.4. The molecule has 1 aromatic carbocycles. The number of furan rings is 1. The van der Waals surface area contributed by atoms with Gasteiger partial charge in [0.15, 0.2) is 5.76 Å². The molecule has 0 fully saturated rings. The molecule has 2 rings (SSSR count). The van der Waals surface area contributed by atoms with Gasteiger partial charge in [-0.15, -0.1) is 0 Å². The molecule has 1 amide bonds. The molecule has 4 nitrogen and oxygen atoms in total. The zero-order valence-corrected chi connectivity index (χ0v) is 10.9. The number of nitrogen functional groups attached to an aromatic ring is 1. The van der Waals surface area contributed by atoms with Crippen molar-refractivity contribution >= 4 is 28.9 Å². The fraction of sp³-hybridized carbons (Fsp3) is 0.154. The Bertz CT molecular complexity index is 592. The number of nitrogens with zero attached hydrogens (tertiary/aromatic N) is 1. The van der Waals surface area contributed by atoms with E-state index in [0.717, 1.165) is 5.56 Å². The lowest BCUT2D eigenvalue weighted by molar-refractivity contribution is 0.0966. The van der Waals surface area contributed by atoms with E-state index >= 15 is 0 Å². The molecule has 0 aliphatic rings. The van der Waals surface area contributed by atoms with Gasteiger partial charge in [0.2, 0.25) is 0 Å². The minimum Gasteiger partial charge on any atom is -0.459 e. The maximum atomic E-state index is 12.2. The summed E-state index contributed by atoms with van der Waals surface area (Å²) in [5.41, 5.74) is 7.67. The number of rotatable bonds is 2. The van der Waals surface area contributed by atoms with Crippen LogP contribution in [0.2, 0.25) is 5.02 Å². The first-order valence-corrected chi connectivity index (χ1v) is 5.75. The minimum atomic E-state index is -0.258. The SMILES string of the molecule is Cc1ccoc1C(=O)N(C)c1cc(Cl)ccc1N. The van der Waals surface area contributed by atoms with Gasteiger partial charge in [-0.3, -0.25) is 4.79 Å². The summed E-state index contributed by atoms with van der Waals surface area (Å²) in [6, 6.07) is 6.72. The topological polar surface area (TPSA) is 59.5 Å². The van der Waals surface area contributed by atoms with E-state index < -0.39 is 0 Å². The third-order valence-corrected chi connectivity index (χ3v) is 2.95. The zero-order valence-electron chi connectivity index (χ0n) is 10.1. The Morgan fingerprint density at radius 2 is 2.11 bits per heavy atom. The second kappa shape index (κ2) is 4.74. The molecule has 94 valence electrons. The van der Waals surface area contributed by atoms with Crippen molar-refractivity contribution in [1.82, 2.24) is 0 Å². The molecule has 0 saturated carbocycles. The Balaban J connectivity index is 2.37. The van der Waals surface area contributed by atoms with Crippen LogP contribution in [0.4, 0.5) is 11.4 Å². The summed E-state index contributed by atoms with van der Waals surface area (Å²) < 4.78 is 5.17. The average molecular weight is 265 g/mol. The van der Waals surface area contributed by atoms with Crippen LogP contribution in [0, 0.1) is 6.92 Å². The summed E-state index contributed by atoms with van der Waals surface area (Å²) in [5, 5.41) is 0.523. The van der Waals surface area contributed by atoms with E-state index in [2.05, 4.69) is 0 Å². The quantitative estimate of drug-likeness (QED) is 0.848. The Labute approximate surface area is 110 Å². The fourth-order valence-corrected chi connectivity index (χ4v) is 1.83. The van der Waals surface area contributed by atoms with Crippen LogP contribution < -0.4 is 10.6 Å². The van der Waals surface area contributed by atoms with Crippen LogP contribution in [-0.4, -0.2) is 13.0 Å². The van der Waals surface area contributed by atoms with E-state index in [-0.39, 0.29) is 5.91 Å². The largest absolute Gasteiger partial charge is 0.459 e. The molecule has 2 N–H and O–H groups in total. The van der Waals surface area contributed by atoms with E-state index in [1.54, 1.807) is 31.3 Å². The second-order valence-electron chi connectivity index (χ2n) is 4.00. The summed E-state index contributed by atoms with van der Waals surface area (Å²) in [7, 11) is 1.63. The molecule has 0 aliphatic heterocycles. The van der Waals surface area contributed by atoms with Crippen LogP contribution in [0.5, 0.6) is 0 Å². The van der Waals surface area contributed by atoms with Crippen molar-refractivity contribution in [3.05, 3.63) is 46.9 Å². The molecule has 0 atom stereocenters.